The molecular weight excluding hydrogens is 416 g/mol. The Kier molecular flexibility index (Phi) is 6.10. The monoisotopic (exact) mass is 428 g/mol. The van der Waals surface area contributed by atoms with E-state index < -0.39 is 11.9 Å². The zero-order valence-electron chi connectivity index (χ0n) is 15.0. The average molecular weight is 429 g/mol. The van der Waals surface area contributed by atoms with Crippen LogP contribution in [0.15, 0.2) is 70.1 Å². The minimum atomic E-state index is -0.568. The molecule has 0 aliphatic carbocycles. The highest BCUT2D eigenvalue weighted by Crippen LogP contribution is 2.28. The Morgan fingerprint density at radius 3 is 2.62 bits per heavy atom. The molecular formula is C19H13ClN4O4S. The van der Waals surface area contributed by atoms with Gasteiger partial charge in [-0.15, -0.1) is 10.2 Å². The van der Waals surface area contributed by atoms with Gasteiger partial charge in [0, 0.05) is 5.02 Å². The van der Waals surface area contributed by atoms with Crippen LogP contribution in [0, 0.1) is 0 Å². The summed E-state index contributed by atoms with van der Waals surface area (Å²) in [6.07, 6.45) is 1.38. The number of thiocarbonyl (C=S) groups is 1. The summed E-state index contributed by atoms with van der Waals surface area (Å²) in [4.78, 5) is 24.3. The van der Waals surface area contributed by atoms with E-state index in [0.29, 0.717) is 21.9 Å². The highest BCUT2D eigenvalue weighted by Gasteiger charge is 2.24. The molecule has 10 heteroatoms. The van der Waals surface area contributed by atoms with Crippen molar-refractivity contribution in [1.29, 1.82) is 0 Å². The maximum absolute atomic E-state index is 12.3. The summed E-state index contributed by atoms with van der Waals surface area (Å²) in [5.74, 6) is -0.611. The van der Waals surface area contributed by atoms with Gasteiger partial charge in [0.1, 0.15) is 5.70 Å². The molecule has 0 saturated heterocycles. The molecule has 0 bridgehead atoms. The maximum Gasteiger partial charge on any atom is 0.343 e. The number of hydrogen-bond donors (Lipinski definition) is 0. The van der Waals surface area contributed by atoms with Gasteiger partial charge in [-0.05, 0) is 60.2 Å². The Bertz CT molecular complexity index is 1070. The van der Waals surface area contributed by atoms with Crippen molar-refractivity contribution in [3.05, 3.63) is 70.9 Å². The summed E-state index contributed by atoms with van der Waals surface area (Å²) in [6, 6.07) is 11.1. The molecule has 1 aliphatic heterocycles. The van der Waals surface area contributed by atoms with Gasteiger partial charge in [-0.1, -0.05) is 18.2 Å². The second kappa shape index (κ2) is 8.72. The number of hydrazone groups is 1. The fourth-order valence-corrected chi connectivity index (χ4v) is 2.51. The molecule has 0 saturated carbocycles. The molecule has 146 valence electrons. The third kappa shape index (κ3) is 4.71. The van der Waals surface area contributed by atoms with Crippen molar-refractivity contribution < 1.29 is 19.1 Å². The Hall–Kier alpha value is -3.43. The van der Waals surface area contributed by atoms with E-state index in [2.05, 4.69) is 21.9 Å². The zero-order chi connectivity index (χ0) is 21.0. The zero-order valence-corrected chi connectivity index (χ0v) is 16.6. The summed E-state index contributed by atoms with van der Waals surface area (Å²) in [7, 11) is 1.43. The van der Waals surface area contributed by atoms with E-state index in [9.17, 15) is 9.59 Å². The lowest BCUT2D eigenvalue weighted by Crippen LogP contribution is -2.33. The number of rotatable bonds is 5. The minimum absolute atomic E-state index is 0.0715. The molecule has 1 heterocycles. The van der Waals surface area contributed by atoms with Crippen LogP contribution in [-0.4, -0.2) is 35.3 Å². The molecule has 0 N–H and O–H groups in total. The molecule has 2 aromatic rings. The molecule has 0 aromatic heterocycles. The van der Waals surface area contributed by atoms with E-state index >= 15 is 0 Å². The van der Waals surface area contributed by atoms with E-state index in [1.807, 2.05) is 0 Å². The molecule has 1 aliphatic rings. The number of carbonyl (C=O) groups is 2. The number of nitrogens with zero attached hydrogens (tertiary/aromatic N) is 4. The van der Waals surface area contributed by atoms with Gasteiger partial charge < -0.3 is 9.47 Å². The normalized spacial score (nSPS) is 13.9. The number of azo groups is 1. The Morgan fingerprint density at radius 2 is 1.93 bits per heavy atom. The van der Waals surface area contributed by atoms with Gasteiger partial charge in [0.05, 0.1) is 18.9 Å². The van der Waals surface area contributed by atoms with Crippen LogP contribution in [0.1, 0.15) is 15.9 Å². The van der Waals surface area contributed by atoms with Crippen molar-refractivity contribution in [3.8, 4) is 11.5 Å². The molecule has 29 heavy (non-hydrogen) atoms. The molecule has 1 amide bonds. The minimum Gasteiger partial charge on any atom is -0.493 e. The van der Waals surface area contributed by atoms with Crippen LogP contribution >= 0.6 is 23.8 Å². The average Bonchev–Trinajstić information content (AvgIpc) is 2.72. The smallest absolute Gasteiger partial charge is 0.343 e. The number of halogens is 1. The maximum atomic E-state index is 12.3. The molecule has 0 unspecified atom stereocenters. The first-order valence-electron chi connectivity index (χ1n) is 8.08. The van der Waals surface area contributed by atoms with E-state index in [-0.39, 0.29) is 16.6 Å². The Balaban J connectivity index is 1.78. The quantitative estimate of drug-likeness (QED) is 0.236. The largest absolute Gasteiger partial charge is 0.493 e. The lowest BCUT2D eigenvalue weighted by Gasteiger charge is -2.17. The molecule has 2 aromatic carbocycles. The lowest BCUT2D eigenvalue weighted by atomic mass is 10.2. The van der Waals surface area contributed by atoms with Gasteiger partial charge in [0.25, 0.3) is 0 Å². The first-order valence-corrected chi connectivity index (χ1v) is 8.86. The van der Waals surface area contributed by atoms with Crippen molar-refractivity contribution >= 4 is 47.0 Å². The summed E-state index contributed by atoms with van der Waals surface area (Å²) in [5, 5.41) is 12.5. The predicted molar refractivity (Wildman–Crippen MR) is 110 cm³/mol. The third-order valence-electron chi connectivity index (χ3n) is 3.67. The summed E-state index contributed by atoms with van der Waals surface area (Å²) >= 11 is 10.8. The van der Waals surface area contributed by atoms with Crippen molar-refractivity contribution in [2.45, 2.75) is 0 Å². The predicted octanol–water partition coefficient (Wildman–Crippen LogP) is 3.99. The van der Waals surface area contributed by atoms with E-state index in [0.717, 1.165) is 5.01 Å². The molecule has 3 rings (SSSR count). The number of amides is 1. The van der Waals surface area contributed by atoms with Crippen LogP contribution in [0.4, 0.5) is 0 Å². The fourth-order valence-electron chi connectivity index (χ4n) is 2.22. The van der Waals surface area contributed by atoms with Gasteiger partial charge in [0.2, 0.25) is 5.11 Å². The van der Waals surface area contributed by atoms with E-state index in [4.69, 9.17) is 33.3 Å². The topological polar surface area (TPSA) is 92.9 Å². The van der Waals surface area contributed by atoms with Gasteiger partial charge in [-0.3, -0.25) is 4.79 Å². The lowest BCUT2D eigenvalue weighted by molar-refractivity contribution is -0.123. The second-order valence-electron chi connectivity index (χ2n) is 5.60. The van der Waals surface area contributed by atoms with Crippen LogP contribution in [0.5, 0.6) is 11.5 Å². The van der Waals surface area contributed by atoms with Crippen molar-refractivity contribution in [2.75, 3.05) is 7.11 Å². The molecule has 0 spiro atoms. The highest BCUT2D eigenvalue weighted by molar-refractivity contribution is 7.80. The number of esters is 1. The number of benzene rings is 2. The number of carbonyl (C=O) groups excluding carboxylic acids is 2. The Morgan fingerprint density at radius 1 is 1.21 bits per heavy atom. The fraction of sp³-hybridized carbons (Fsp3) is 0.0526. The number of ether oxygens (including phenoxy) is 2. The standard InChI is InChI=1S/C19H13ClN4O4S/c1-11-17(25)24(19(29)23-22-11)21-10-12-3-8-15(16(9-12)27-2)28-18(26)13-4-6-14(20)7-5-13/h3-10H,1H2,2H3/b21-10+. The van der Waals surface area contributed by atoms with Crippen molar-refractivity contribution in [1.82, 2.24) is 5.01 Å². The number of methoxy groups -OCH3 is 1. The van der Waals surface area contributed by atoms with E-state index in [1.54, 1.807) is 42.5 Å². The van der Waals surface area contributed by atoms with E-state index in [1.165, 1.54) is 13.3 Å². The Labute approximate surface area is 176 Å². The van der Waals surface area contributed by atoms with Gasteiger partial charge >= 0.3 is 11.9 Å². The van der Waals surface area contributed by atoms with Crippen LogP contribution < -0.4 is 9.47 Å². The summed E-state index contributed by atoms with van der Waals surface area (Å²) in [6.45, 7) is 3.47. The van der Waals surface area contributed by atoms with Crippen LogP contribution in [0.3, 0.4) is 0 Å². The molecule has 8 nitrogen and oxygen atoms in total. The van der Waals surface area contributed by atoms with Crippen molar-refractivity contribution in [3.63, 3.8) is 0 Å². The third-order valence-corrected chi connectivity index (χ3v) is 4.18. The summed E-state index contributed by atoms with van der Waals surface area (Å²) < 4.78 is 10.7. The van der Waals surface area contributed by atoms with Gasteiger partial charge in [-0.2, -0.15) is 10.1 Å². The molecule has 0 radical (unpaired) electrons. The van der Waals surface area contributed by atoms with Crippen molar-refractivity contribution in [2.24, 2.45) is 15.3 Å². The first-order chi connectivity index (χ1) is 13.9. The molecule has 0 fully saturated rings. The van der Waals surface area contributed by atoms with Crippen LogP contribution in [0.2, 0.25) is 5.02 Å². The molecule has 0 atom stereocenters. The van der Waals surface area contributed by atoms with Gasteiger partial charge in [-0.25, -0.2) is 4.79 Å². The number of hydrogen-bond acceptors (Lipinski definition) is 7. The SMILES string of the molecule is C=C1N=NC(=S)N(/N=C/c2ccc(OC(=O)c3ccc(Cl)cc3)c(OC)c2)C1=O. The first kappa shape index (κ1) is 20.3. The highest BCUT2D eigenvalue weighted by atomic mass is 35.5. The van der Waals surface area contributed by atoms with Crippen LogP contribution in [0.25, 0.3) is 0 Å². The van der Waals surface area contributed by atoms with Gasteiger partial charge in [0.15, 0.2) is 11.5 Å². The second-order valence-corrected chi connectivity index (χ2v) is 6.40. The van der Waals surface area contributed by atoms with Crippen LogP contribution in [-0.2, 0) is 4.79 Å². The summed E-state index contributed by atoms with van der Waals surface area (Å²) in [5.41, 5.74) is 0.836.